The van der Waals surface area contributed by atoms with E-state index in [1.807, 2.05) is 13.8 Å². The summed E-state index contributed by atoms with van der Waals surface area (Å²) in [6.45, 7) is 7.76. The van der Waals surface area contributed by atoms with Crippen molar-refractivity contribution in [1.29, 1.82) is 0 Å². The van der Waals surface area contributed by atoms with E-state index < -0.39 is 23.3 Å². The average Bonchev–Trinajstić information content (AvgIpc) is 2.20. The first-order chi connectivity index (χ1) is 9.12. The smallest absolute Gasteiger partial charge is 0.321 e. The molecule has 0 saturated heterocycles. The molecule has 0 bridgehead atoms. The summed E-state index contributed by atoms with van der Waals surface area (Å²) in [4.78, 5) is 33.6. The molecule has 0 aliphatic carbocycles. The van der Waals surface area contributed by atoms with Gasteiger partial charge in [-0.05, 0) is 19.3 Å². The Morgan fingerprint density at radius 3 is 2.30 bits per heavy atom. The minimum absolute atomic E-state index is 0.0325. The molecular weight excluding hydrogens is 264 g/mol. The number of carboxylic acid groups (broad SMARTS) is 1. The van der Waals surface area contributed by atoms with Crippen LogP contribution in [-0.2, 0) is 14.3 Å². The highest BCUT2D eigenvalue weighted by Gasteiger charge is 2.25. The number of amides is 3. The number of aliphatic carboxylic acids is 1. The number of imide groups is 1. The number of carbonyl (C=O) groups excluding carboxylic acids is 2. The molecule has 0 aromatic rings. The van der Waals surface area contributed by atoms with Crippen LogP contribution in [-0.4, -0.2) is 42.3 Å². The zero-order valence-electron chi connectivity index (χ0n) is 12.5. The number of hydrogen-bond donors (Lipinski definition) is 3. The minimum Gasteiger partial charge on any atom is -0.481 e. The van der Waals surface area contributed by atoms with E-state index in [0.717, 1.165) is 0 Å². The lowest BCUT2D eigenvalue weighted by molar-refractivity contribution is -0.139. The summed E-state index contributed by atoms with van der Waals surface area (Å²) in [6.07, 6.45) is -0.0854. The van der Waals surface area contributed by atoms with Crippen molar-refractivity contribution >= 4 is 17.9 Å². The third kappa shape index (κ3) is 10.3. The monoisotopic (exact) mass is 288 g/mol. The molecule has 0 rings (SSSR count). The molecule has 116 valence electrons. The van der Waals surface area contributed by atoms with Gasteiger partial charge in [-0.15, -0.1) is 0 Å². The van der Waals surface area contributed by atoms with Gasteiger partial charge in [0.15, 0.2) is 0 Å². The second kappa shape index (κ2) is 8.52. The Bertz CT molecular complexity index is 353. The summed E-state index contributed by atoms with van der Waals surface area (Å²) < 4.78 is 5.23. The van der Waals surface area contributed by atoms with Crippen molar-refractivity contribution in [3.63, 3.8) is 0 Å². The zero-order valence-corrected chi connectivity index (χ0v) is 12.5. The molecule has 0 fully saturated rings. The molecular formula is C13H24N2O5. The van der Waals surface area contributed by atoms with Crippen molar-refractivity contribution in [3.8, 4) is 0 Å². The van der Waals surface area contributed by atoms with Crippen LogP contribution < -0.4 is 10.6 Å². The maximum Gasteiger partial charge on any atom is 0.321 e. The average molecular weight is 288 g/mol. The molecule has 0 heterocycles. The number of carboxylic acids is 1. The topological polar surface area (TPSA) is 105 Å². The zero-order chi connectivity index (χ0) is 15.8. The number of carbonyl (C=O) groups is 3. The highest BCUT2D eigenvalue weighted by Crippen LogP contribution is 2.24. The van der Waals surface area contributed by atoms with Crippen molar-refractivity contribution < 1.29 is 24.2 Å². The largest absolute Gasteiger partial charge is 0.481 e. The summed E-state index contributed by atoms with van der Waals surface area (Å²) in [5.74, 6) is -1.48. The van der Waals surface area contributed by atoms with Gasteiger partial charge < -0.3 is 15.2 Å². The lowest BCUT2D eigenvalue weighted by Gasteiger charge is -2.21. The molecule has 3 N–H and O–H groups in total. The summed E-state index contributed by atoms with van der Waals surface area (Å²) in [5, 5.41) is 13.4. The van der Waals surface area contributed by atoms with Gasteiger partial charge in [-0.25, -0.2) is 4.79 Å². The summed E-state index contributed by atoms with van der Waals surface area (Å²) in [5.41, 5.74) is -0.697. The molecule has 0 aromatic carbocycles. The van der Waals surface area contributed by atoms with E-state index >= 15 is 0 Å². The fourth-order valence-electron chi connectivity index (χ4n) is 1.58. The highest BCUT2D eigenvalue weighted by atomic mass is 16.5. The standard InChI is InChI=1S/C13H24N2O5/c1-9(2)20-6-5-14-12(19)15-10(16)7-13(3,4)8-11(17)18/h9H,5-8H2,1-4H3,(H,17,18)(H2,14,15,16,19). The lowest BCUT2D eigenvalue weighted by atomic mass is 9.85. The molecule has 0 saturated carbocycles. The molecule has 0 radical (unpaired) electrons. The molecule has 0 unspecified atom stereocenters. The SMILES string of the molecule is CC(C)OCCNC(=O)NC(=O)CC(C)(C)CC(=O)O. The van der Waals surface area contributed by atoms with E-state index in [1.54, 1.807) is 13.8 Å². The number of urea groups is 1. The van der Waals surface area contributed by atoms with E-state index in [9.17, 15) is 14.4 Å². The molecule has 0 aliphatic rings. The summed E-state index contributed by atoms with van der Waals surface area (Å²) >= 11 is 0. The maximum absolute atomic E-state index is 11.6. The predicted molar refractivity (Wildman–Crippen MR) is 73.3 cm³/mol. The van der Waals surface area contributed by atoms with E-state index in [0.29, 0.717) is 13.2 Å². The second-order valence-corrected chi connectivity index (χ2v) is 5.64. The van der Waals surface area contributed by atoms with Crippen molar-refractivity contribution in [2.24, 2.45) is 5.41 Å². The van der Waals surface area contributed by atoms with E-state index in [-0.39, 0.29) is 18.9 Å². The highest BCUT2D eigenvalue weighted by molar-refractivity contribution is 5.94. The second-order valence-electron chi connectivity index (χ2n) is 5.64. The van der Waals surface area contributed by atoms with Gasteiger partial charge in [0.2, 0.25) is 5.91 Å². The normalized spacial score (nSPS) is 11.2. The molecule has 0 aliphatic heterocycles. The number of ether oxygens (including phenoxy) is 1. The number of nitrogens with one attached hydrogen (secondary N) is 2. The molecule has 7 nitrogen and oxygen atoms in total. The first-order valence-corrected chi connectivity index (χ1v) is 6.53. The fourth-order valence-corrected chi connectivity index (χ4v) is 1.58. The molecule has 0 spiro atoms. The third-order valence-corrected chi connectivity index (χ3v) is 2.36. The lowest BCUT2D eigenvalue weighted by Crippen LogP contribution is -2.42. The minimum atomic E-state index is -0.974. The van der Waals surface area contributed by atoms with Gasteiger partial charge in [0.05, 0.1) is 19.1 Å². The summed E-state index contributed by atoms with van der Waals surface area (Å²) in [7, 11) is 0. The molecule has 7 heteroatoms. The van der Waals surface area contributed by atoms with Gasteiger partial charge in [0.1, 0.15) is 0 Å². The van der Waals surface area contributed by atoms with Crippen molar-refractivity contribution in [1.82, 2.24) is 10.6 Å². The molecule has 20 heavy (non-hydrogen) atoms. The predicted octanol–water partition coefficient (Wildman–Crippen LogP) is 1.13. The Morgan fingerprint density at radius 1 is 1.20 bits per heavy atom. The first kappa shape index (κ1) is 18.4. The van der Waals surface area contributed by atoms with Crippen LogP contribution in [0.15, 0.2) is 0 Å². The van der Waals surface area contributed by atoms with E-state index in [4.69, 9.17) is 9.84 Å². The van der Waals surface area contributed by atoms with Gasteiger partial charge >= 0.3 is 12.0 Å². The van der Waals surface area contributed by atoms with Crippen LogP contribution in [0.2, 0.25) is 0 Å². The van der Waals surface area contributed by atoms with Crippen LogP contribution in [0.1, 0.15) is 40.5 Å². The Balaban J connectivity index is 3.96. The van der Waals surface area contributed by atoms with Crippen molar-refractivity contribution in [3.05, 3.63) is 0 Å². The first-order valence-electron chi connectivity index (χ1n) is 6.53. The Kier molecular flexibility index (Phi) is 7.83. The number of rotatable bonds is 8. The van der Waals surface area contributed by atoms with Crippen molar-refractivity contribution in [2.75, 3.05) is 13.2 Å². The van der Waals surface area contributed by atoms with E-state index in [1.165, 1.54) is 0 Å². The van der Waals surface area contributed by atoms with Crippen LogP contribution in [0.25, 0.3) is 0 Å². The Hall–Kier alpha value is -1.63. The quantitative estimate of drug-likeness (QED) is 0.581. The van der Waals surface area contributed by atoms with Crippen molar-refractivity contribution in [2.45, 2.75) is 46.6 Å². The molecule has 0 atom stereocenters. The molecule has 0 aromatic heterocycles. The van der Waals surface area contributed by atoms with Gasteiger partial charge in [-0.3, -0.25) is 14.9 Å². The third-order valence-electron chi connectivity index (χ3n) is 2.36. The van der Waals surface area contributed by atoms with Crippen LogP contribution in [0.3, 0.4) is 0 Å². The summed E-state index contributed by atoms with van der Waals surface area (Å²) in [6, 6.07) is -0.603. The van der Waals surface area contributed by atoms with Crippen LogP contribution in [0.4, 0.5) is 4.79 Å². The molecule has 3 amide bonds. The van der Waals surface area contributed by atoms with Gasteiger partial charge in [0.25, 0.3) is 0 Å². The Morgan fingerprint density at radius 2 is 1.80 bits per heavy atom. The van der Waals surface area contributed by atoms with Gasteiger partial charge in [0, 0.05) is 13.0 Å². The number of hydrogen-bond acceptors (Lipinski definition) is 4. The van der Waals surface area contributed by atoms with Gasteiger partial charge in [-0.2, -0.15) is 0 Å². The van der Waals surface area contributed by atoms with Crippen LogP contribution in [0, 0.1) is 5.41 Å². The van der Waals surface area contributed by atoms with Gasteiger partial charge in [-0.1, -0.05) is 13.8 Å². The maximum atomic E-state index is 11.6. The van der Waals surface area contributed by atoms with E-state index in [2.05, 4.69) is 10.6 Å². The van der Waals surface area contributed by atoms with Crippen LogP contribution in [0.5, 0.6) is 0 Å². The van der Waals surface area contributed by atoms with Crippen LogP contribution >= 0.6 is 0 Å². The fraction of sp³-hybridized carbons (Fsp3) is 0.769. The Labute approximate surface area is 119 Å².